The number of carbonyl (C=O) groups is 1. The molecule has 0 radical (unpaired) electrons. The summed E-state index contributed by atoms with van der Waals surface area (Å²) in [6, 6.07) is 19.4. The van der Waals surface area contributed by atoms with Gasteiger partial charge in [-0.15, -0.1) is 0 Å². The van der Waals surface area contributed by atoms with Crippen molar-refractivity contribution in [2.75, 3.05) is 0 Å². The molecule has 0 fully saturated rings. The number of furan rings is 1. The summed E-state index contributed by atoms with van der Waals surface area (Å²) in [5, 5.41) is 11.1. The maximum atomic E-state index is 11.9. The van der Waals surface area contributed by atoms with Crippen LogP contribution in [0.3, 0.4) is 0 Å². The Bertz CT molecular complexity index is 1080. The van der Waals surface area contributed by atoms with Crippen LogP contribution in [0, 0.1) is 0 Å². The number of rotatable bonds is 6. The highest BCUT2D eigenvalue weighted by molar-refractivity contribution is 5.87. The Morgan fingerprint density at radius 1 is 1.14 bits per heavy atom. The van der Waals surface area contributed by atoms with Crippen LogP contribution < -0.4 is 5.32 Å². The van der Waals surface area contributed by atoms with Crippen LogP contribution in [-0.4, -0.2) is 16.3 Å². The van der Waals surface area contributed by atoms with E-state index in [1.54, 1.807) is 0 Å². The second kappa shape index (κ2) is 8.00. The van der Waals surface area contributed by atoms with Crippen molar-refractivity contribution in [3.05, 3.63) is 77.5 Å². The van der Waals surface area contributed by atoms with E-state index in [4.69, 9.17) is 9.15 Å². The van der Waals surface area contributed by atoms with Gasteiger partial charge in [-0.1, -0.05) is 55.5 Å². The number of hydrogen-bond donors (Lipinski definition) is 2. The zero-order chi connectivity index (χ0) is 19.3. The Kier molecular flexibility index (Phi) is 5.10. The predicted molar refractivity (Wildman–Crippen MR) is 107 cm³/mol. The molecule has 0 aliphatic rings. The lowest BCUT2D eigenvalue weighted by Gasteiger charge is -2.05. The van der Waals surface area contributed by atoms with Crippen LogP contribution in [0.15, 0.2) is 65.1 Å². The molecule has 0 unspecified atom stereocenters. The van der Waals surface area contributed by atoms with Gasteiger partial charge in [-0.3, -0.25) is 5.10 Å². The molecule has 4 rings (SSSR count). The number of aromatic nitrogens is 2. The van der Waals surface area contributed by atoms with Gasteiger partial charge in [-0.25, -0.2) is 4.79 Å². The highest BCUT2D eigenvalue weighted by Gasteiger charge is 2.17. The lowest BCUT2D eigenvalue weighted by molar-refractivity contribution is 0.139. The molecule has 0 atom stereocenters. The number of alkyl carbamates (subject to hydrolysis) is 1. The number of nitrogens with one attached hydrogen (secondary N) is 2. The number of hydrogen-bond acceptors (Lipinski definition) is 4. The van der Waals surface area contributed by atoms with Gasteiger partial charge in [0.1, 0.15) is 17.9 Å². The first-order valence-corrected chi connectivity index (χ1v) is 9.24. The van der Waals surface area contributed by atoms with Gasteiger partial charge in [-0.2, -0.15) is 5.10 Å². The number of para-hydroxylation sites is 1. The number of ether oxygens (including phenoxy) is 1. The molecule has 1 amide bonds. The van der Waals surface area contributed by atoms with Crippen molar-refractivity contribution in [2.24, 2.45) is 0 Å². The topological polar surface area (TPSA) is 80.1 Å². The van der Waals surface area contributed by atoms with E-state index in [-0.39, 0.29) is 6.61 Å². The van der Waals surface area contributed by atoms with Crippen LogP contribution >= 0.6 is 0 Å². The van der Waals surface area contributed by atoms with Crippen molar-refractivity contribution in [2.45, 2.75) is 26.5 Å². The lowest BCUT2D eigenvalue weighted by Crippen LogP contribution is -2.23. The third-order valence-electron chi connectivity index (χ3n) is 4.55. The second-order valence-corrected chi connectivity index (χ2v) is 6.45. The van der Waals surface area contributed by atoms with E-state index in [0.717, 1.165) is 45.7 Å². The Hall–Kier alpha value is -3.54. The molecule has 2 aromatic carbocycles. The third-order valence-corrected chi connectivity index (χ3v) is 4.55. The Labute approximate surface area is 162 Å². The molecule has 4 aromatic rings. The maximum Gasteiger partial charge on any atom is 0.407 e. The van der Waals surface area contributed by atoms with Crippen molar-refractivity contribution in [1.29, 1.82) is 0 Å². The number of amides is 1. The monoisotopic (exact) mass is 375 g/mol. The van der Waals surface area contributed by atoms with Crippen LogP contribution in [0.5, 0.6) is 0 Å². The van der Waals surface area contributed by atoms with Gasteiger partial charge in [0, 0.05) is 10.9 Å². The summed E-state index contributed by atoms with van der Waals surface area (Å²) >= 11 is 0. The molecule has 6 heteroatoms. The predicted octanol–water partition coefficient (Wildman–Crippen LogP) is 4.81. The van der Waals surface area contributed by atoms with E-state index in [1.165, 1.54) is 0 Å². The van der Waals surface area contributed by atoms with Gasteiger partial charge >= 0.3 is 6.09 Å². The van der Waals surface area contributed by atoms with Crippen LogP contribution in [0.25, 0.3) is 22.4 Å². The molecule has 0 saturated carbocycles. The van der Waals surface area contributed by atoms with E-state index in [1.807, 2.05) is 54.6 Å². The fourth-order valence-electron chi connectivity index (χ4n) is 3.17. The van der Waals surface area contributed by atoms with Crippen LogP contribution in [0.1, 0.15) is 23.7 Å². The van der Waals surface area contributed by atoms with Gasteiger partial charge in [0.15, 0.2) is 5.76 Å². The van der Waals surface area contributed by atoms with Gasteiger partial charge in [0.25, 0.3) is 0 Å². The van der Waals surface area contributed by atoms with Crippen molar-refractivity contribution in [1.82, 2.24) is 15.5 Å². The highest BCUT2D eigenvalue weighted by atomic mass is 16.5. The second-order valence-electron chi connectivity index (χ2n) is 6.45. The smallest absolute Gasteiger partial charge is 0.407 e. The minimum Gasteiger partial charge on any atom is -0.454 e. The largest absolute Gasteiger partial charge is 0.454 e. The molecule has 28 heavy (non-hydrogen) atoms. The van der Waals surface area contributed by atoms with Crippen LogP contribution in [0.4, 0.5) is 4.79 Å². The number of nitrogens with zero attached hydrogens (tertiary/aromatic N) is 1. The maximum absolute atomic E-state index is 11.9. The van der Waals surface area contributed by atoms with Crippen molar-refractivity contribution >= 4 is 17.1 Å². The normalized spacial score (nSPS) is 10.9. The van der Waals surface area contributed by atoms with Crippen LogP contribution in [-0.2, 0) is 24.3 Å². The average molecular weight is 375 g/mol. The Balaban J connectivity index is 1.40. The molecule has 2 aromatic heterocycles. The zero-order valence-corrected chi connectivity index (χ0v) is 15.6. The molecule has 0 saturated heterocycles. The minimum atomic E-state index is -0.474. The fourth-order valence-corrected chi connectivity index (χ4v) is 3.17. The van der Waals surface area contributed by atoms with Crippen molar-refractivity contribution in [3.8, 4) is 11.5 Å². The molecule has 0 bridgehead atoms. The summed E-state index contributed by atoms with van der Waals surface area (Å²) in [7, 11) is 0. The van der Waals surface area contributed by atoms with Crippen molar-refractivity contribution in [3.63, 3.8) is 0 Å². The summed E-state index contributed by atoms with van der Waals surface area (Å²) in [5.41, 5.74) is 4.42. The molecular weight excluding hydrogens is 354 g/mol. The first kappa shape index (κ1) is 17.9. The van der Waals surface area contributed by atoms with E-state index in [9.17, 15) is 4.79 Å². The Morgan fingerprint density at radius 2 is 1.93 bits per heavy atom. The standard InChI is InChI=1S/C22H21N3O3/c1-2-17-18-10-6-7-11-20(18)28-21(17)19-12-16(24-25-19)13-23-22(26)27-14-15-8-4-3-5-9-15/h3-12H,2,13-14H2,1H3,(H,23,26)(H,24,25). The van der Waals surface area contributed by atoms with Crippen molar-refractivity contribution < 1.29 is 13.9 Å². The molecular formula is C22H21N3O3. The summed E-state index contributed by atoms with van der Waals surface area (Å²) in [5.74, 6) is 0.762. The summed E-state index contributed by atoms with van der Waals surface area (Å²) < 4.78 is 11.2. The van der Waals surface area contributed by atoms with Gasteiger partial charge in [0.05, 0.1) is 12.2 Å². The molecule has 142 valence electrons. The molecule has 2 N–H and O–H groups in total. The molecule has 0 aliphatic heterocycles. The zero-order valence-electron chi connectivity index (χ0n) is 15.6. The Morgan fingerprint density at radius 3 is 2.75 bits per heavy atom. The number of H-pyrrole nitrogens is 1. The molecule has 0 spiro atoms. The van der Waals surface area contributed by atoms with E-state index >= 15 is 0 Å². The average Bonchev–Trinajstić information content (AvgIpc) is 3.35. The first-order chi connectivity index (χ1) is 13.7. The summed E-state index contributed by atoms with van der Waals surface area (Å²) in [6.07, 6.45) is 0.372. The third kappa shape index (κ3) is 3.76. The van der Waals surface area contributed by atoms with E-state index in [0.29, 0.717) is 6.54 Å². The summed E-state index contributed by atoms with van der Waals surface area (Å²) in [4.78, 5) is 11.9. The number of aryl methyl sites for hydroxylation is 1. The van der Waals surface area contributed by atoms with Gasteiger partial charge in [0.2, 0.25) is 0 Å². The van der Waals surface area contributed by atoms with E-state index < -0.39 is 6.09 Å². The van der Waals surface area contributed by atoms with Gasteiger partial charge < -0.3 is 14.5 Å². The van der Waals surface area contributed by atoms with E-state index in [2.05, 4.69) is 28.5 Å². The molecule has 0 aliphatic carbocycles. The molecule has 2 heterocycles. The highest BCUT2D eigenvalue weighted by Crippen LogP contribution is 2.33. The number of aromatic amines is 1. The number of carbonyl (C=O) groups excluding carboxylic acids is 1. The minimum absolute atomic E-state index is 0.236. The number of benzene rings is 2. The van der Waals surface area contributed by atoms with Crippen LogP contribution in [0.2, 0.25) is 0 Å². The fraction of sp³-hybridized carbons (Fsp3) is 0.182. The summed E-state index contributed by atoms with van der Waals surface area (Å²) in [6.45, 7) is 2.63. The molecule has 6 nitrogen and oxygen atoms in total. The number of fused-ring (bicyclic) bond motifs is 1. The quantitative estimate of drug-likeness (QED) is 0.507. The van der Waals surface area contributed by atoms with Gasteiger partial charge in [-0.05, 0) is 24.1 Å². The first-order valence-electron chi connectivity index (χ1n) is 9.24. The SMILES string of the molecule is CCc1c(-c2cc(CNC(=O)OCc3ccccc3)[nH]n2)oc2ccccc12. The lowest BCUT2D eigenvalue weighted by atomic mass is 10.1.